The SMILES string of the molecule is CCCCCCCCCCCCCC(=O)N(C(=O)CCCCCCCCCCCCC)C(CCC(=O)O)C(=O)O. The third kappa shape index (κ3) is 21.8. The topological polar surface area (TPSA) is 112 Å². The number of aliphatic carboxylic acids is 2. The summed E-state index contributed by atoms with van der Waals surface area (Å²) in [5.74, 6) is -3.42. The highest BCUT2D eigenvalue weighted by Crippen LogP contribution is 2.18. The van der Waals surface area contributed by atoms with Crippen molar-refractivity contribution in [2.45, 2.75) is 187 Å². The number of carboxylic acids is 2. The van der Waals surface area contributed by atoms with Crippen LogP contribution in [0.25, 0.3) is 0 Å². The van der Waals surface area contributed by atoms with E-state index in [0.29, 0.717) is 12.8 Å². The van der Waals surface area contributed by atoms with Crippen LogP contribution in [0.15, 0.2) is 0 Å². The average Bonchev–Trinajstić information content (AvgIpc) is 2.92. The number of amides is 2. The summed E-state index contributed by atoms with van der Waals surface area (Å²) in [4.78, 5) is 50.0. The van der Waals surface area contributed by atoms with Gasteiger partial charge in [-0.1, -0.05) is 142 Å². The monoisotopic (exact) mass is 567 g/mol. The molecule has 0 aromatic carbocycles. The molecule has 7 nitrogen and oxygen atoms in total. The molecule has 0 rings (SSSR count). The van der Waals surface area contributed by atoms with Gasteiger partial charge in [-0.3, -0.25) is 19.3 Å². The highest BCUT2D eigenvalue weighted by atomic mass is 16.4. The van der Waals surface area contributed by atoms with Crippen LogP contribution in [0.5, 0.6) is 0 Å². The molecule has 234 valence electrons. The van der Waals surface area contributed by atoms with E-state index in [-0.39, 0.29) is 19.3 Å². The summed E-state index contributed by atoms with van der Waals surface area (Å²) in [6.07, 6.45) is 24.7. The Morgan fingerprint density at radius 1 is 0.475 bits per heavy atom. The van der Waals surface area contributed by atoms with Crippen LogP contribution >= 0.6 is 0 Å². The van der Waals surface area contributed by atoms with Crippen molar-refractivity contribution in [1.29, 1.82) is 0 Å². The number of hydrogen-bond donors (Lipinski definition) is 2. The van der Waals surface area contributed by atoms with Crippen LogP contribution in [0.1, 0.15) is 181 Å². The molecule has 7 heteroatoms. The molecule has 40 heavy (non-hydrogen) atoms. The normalized spacial score (nSPS) is 11.8. The third-order valence-electron chi connectivity index (χ3n) is 7.75. The van der Waals surface area contributed by atoms with Gasteiger partial charge >= 0.3 is 11.9 Å². The number of hydrogen-bond acceptors (Lipinski definition) is 4. The Kier molecular flexibility index (Phi) is 26.0. The van der Waals surface area contributed by atoms with Crippen molar-refractivity contribution in [3.8, 4) is 0 Å². The van der Waals surface area contributed by atoms with Crippen LogP contribution in [0.2, 0.25) is 0 Å². The highest BCUT2D eigenvalue weighted by molar-refractivity contribution is 5.99. The lowest BCUT2D eigenvalue weighted by molar-refractivity contribution is -0.159. The van der Waals surface area contributed by atoms with Crippen LogP contribution in [0.4, 0.5) is 0 Å². The van der Waals surface area contributed by atoms with E-state index in [1.54, 1.807) is 0 Å². The van der Waals surface area contributed by atoms with Crippen molar-refractivity contribution in [1.82, 2.24) is 4.90 Å². The zero-order chi connectivity index (χ0) is 29.8. The van der Waals surface area contributed by atoms with E-state index in [0.717, 1.165) is 43.4 Å². The van der Waals surface area contributed by atoms with Crippen LogP contribution in [0, 0.1) is 0 Å². The number of carboxylic acid groups (broad SMARTS) is 2. The molecular formula is C33H61NO6. The number of carbonyl (C=O) groups excluding carboxylic acids is 2. The number of nitrogens with zero attached hydrogens (tertiary/aromatic N) is 1. The van der Waals surface area contributed by atoms with Crippen molar-refractivity contribution in [3.05, 3.63) is 0 Å². The van der Waals surface area contributed by atoms with E-state index in [1.807, 2.05) is 0 Å². The van der Waals surface area contributed by atoms with Crippen molar-refractivity contribution in [2.75, 3.05) is 0 Å². The third-order valence-corrected chi connectivity index (χ3v) is 7.75. The fourth-order valence-electron chi connectivity index (χ4n) is 5.23. The van der Waals surface area contributed by atoms with Crippen LogP contribution in [-0.4, -0.2) is 44.9 Å². The standard InChI is InChI=1S/C33H61NO6/c1-3-5-7-9-11-13-15-17-19-21-23-25-30(35)34(29(33(39)40)27-28-32(37)38)31(36)26-24-22-20-18-16-14-12-10-8-6-4-2/h29H,3-28H2,1-2H3,(H,37,38)(H,39,40). The van der Waals surface area contributed by atoms with Gasteiger partial charge in [-0.15, -0.1) is 0 Å². The predicted octanol–water partition coefficient (Wildman–Crippen LogP) is 9.06. The quantitative estimate of drug-likeness (QED) is 0.0872. The average molecular weight is 568 g/mol. The Hall–Kier alpha value is -1.92. The molecule has 1 unspecified atom stereocenters. The second-order valence-corrected chi connectivity index (χ2v) is 11.5. The van der Waals surface area contributed by atoms with Crippen molar-refractivity contribution < 1.29 is 29.4 Å². The molecule has 0 aliphatic rings. The highest BCUT2D eigenvalue weighted by Gasteiger charge is 2.34. The minimum Gasteiger partial charge on any atom is -0.481 e. The summed E-state index contributed by atoms with van der Waals surface area (Å²) in [5.41, 5.74) is 0. The van der Waals surface area contributed by atoms with Gasteiger partial charge in [0.25, 0.3) is 0 Å². The van der Waals surface area contributed by atoms with E-state index in [1.165, 1.54) is 89.9 Å². The van der Waals surface area contributed by atoms with Gasteiger partial charge in [0, 0.05) is 19.3 Å². The first-order chi connectivity index (χ1) is 19.3. The Morgan fingerprint density at radius 2 is 0.775 bits per heavy atom. The van der Waals surface area contributed by atoms with Gasteiger partial charge in [-0.2, -0.15) is 0 Å². The molecule has 0 radical (unpaired) electrons. The van der Waals surface area contributed by atoms with E-state index >= 15 is 0 Å². The van der Waals surface area contributed by atoms with Crippen molar-refractivity contribution >= 4 is 23.8 Å². The summed E-state index contributed by atoms with van der Waals surface area (Å²) in [7, 11) is 0. The molecule has 0 spiro atoms. The number of rotatable bonds is 29. The first-order valence-electron chi connectivity index (χ1n) is 16.6. The zero-order valence-corrected chi connectivity index (χ0v) is 25.9. The summed E-state index contributed by atoms with van der Waals surface area (Å²) in [6, 6.07) is -1.42. The molecular weight excluding hydrogens is 506 g/mol. The Morgan fingerprint density at radius 3 is 1.05 bits per heavy atom. The fraction of sp³-hybridized carbons (Fsp3) is 0.879. The van der Waals surface area contributed by atoms with Crippen molar-refractivity contribution in [3.63, 3.8) is 0 Å². The zero-order valence-electron chi connectivity index (χ0n) is 25.9. The second kappa shape index (κ2) is 27.3. The maximum absolute atomic E-state index is 13.0. The fourth-order valence-corrected chi connectivity index (χ4v) is 5.23. The van der Waals surface area contributed by atoms with E-state index in [2.05, 4.69) is 13.8 Å². The maximum atomic E-state index is 13.0. The van der Waals surface area contributed by atoms with Gasteiger partial charge in [-0.25, -0.2) is 4.79 Å². The van der Waals surface area contributed by atoms with Gasteiger partial charge in [0.2, 0.25) is 11.8 Å². The van der Waals surface area contributed by atoms with Crippen LogP contribution in [-0.2, 0) is 19.2 Å². The Labute approximate surface area is 244 Å². The van der Waals surface area contributed by atoms with Gasteiger partial charge in [0.05, 0.1) is 0 Å². The summed E-state index contributed by atoms with van der Waals surface area (Å²) >= 11 is 0. The first-order valence-corrected chi connectivity index (χ1v) is 16.6. The Bertz CT molecular complexity index is 627. The van der Waals surface area contributed by atoms with Crippen molar-refractivity contribution in [2.24, 2.45) is 0 Å². The van der Waals surface area contributed by atoms with E-state index in [4.69, 9.17) is 5.11 Å². The lowest BCUT2D eigenvalue weighted by Gasteiger charge is -2.27. The van der Waals surface area contributed by atoms with Crippen LogP contribution in [0.3, 0.4) is 0 Å². The first kappa shape index (κ1) is 38.1. The van der Waals surface area contributed by atoms with Crippen LogP contribution < -0.4 is 0 Å². The summed E-state index contributed by atoms with van der Waals surface area (Å²) in [6.45, 7) is 4.44. The van der Waals surface area contributed by atoms with E-state index < -0.39 is 36.2 Å². The lowest BCUT2D eigenvalue weighted by Crippen LogP contribution is -2.48. The molecule has 0 saturated carbocycles. The molecule has 0 bridgehead atoms. The van der Waals surface area contributed by atoms with Gasteiger partial charge < -0.3 is 10.2 Å². The molecule has 2 N–H and O–H groups in total. The Balaban J connectivity index is 4.52. The largest absolute Gasteiger partial charge is 0.481 e. The molecule has 0 aliphatic carbocycles. The lowest BCUT2D eigenvalue weighted by atomic mass is 10.0. The molecule has 1 atom stereocenters. The molecule has 0 aromatic heterocycles. The summed E-state index contributed by atoms with van der Waals surface area (Å²) in [5, 5.41) is 18.8. The van der Waals surface area contributed by atoms with E-state index in [9.17, 15) is 24.3 Å². The van der Waals surface area contributed by atoms with Gasteiger partial charge in [-0.05, 0) is 19.3 Å². The summed E-state index contributed by atoms with van der Waals surface area (Å²) < 4.78 is 0. The molecule has 0 aromatic rings. The molecule has 0 aliphatic heterocycles. The minimum atomic E-state index is -1.42. The number of unbranched alkanes of at least 4 members (excludes halogenated alkanes) is 20. The molecule has 0 heterocycles. The molecule has 0 fully saturated rings. The predicted molar refractivity (Wildman–Crippen MR) is 162 cm³/mol. The smallest absolute Gasteiger partial charge is 0.326 e. The number of carbonyl (C=O) groups is 4. The molecule has 2 amide bonds. The van der Waals surface area contributed by atoms with Gasteiger partial charge in [0.15, 0.2) is 0 Å². The maximum Gasteiger partial charge on any atom is 0.326 e. The molecule has 0 saturated heterocycles. The van der Waals surface area contributed by atoms with Gasteiger partial charge in [0.1, 0.15) is 6.04 Å². The second-order valence-electron chi connectivity index (χ2n) is 11.5. The minimum absolute atomic E-state index is 0.123. The number of imide groups is 1.